The van der Waals surface area contributed by atoms with E-state index in [1.165, 1.54) is 0 Å². The van der Waals surface area contributed by atoms with E-state index >= 15 is 0 Å². The first-order chi connectivity index (χ1) is 7.00. The highest BCUT2D eigenvalue weighted by atomic mass is 16.2. The third kappa shape index (κ3) is 2.71. The van der Waals surface area contributed by atoms with Gasteiger partial charge in [0.15, 0.2) is 0 Å². The Kier molecular flexibility index (Phi) is 4.14. The smallest absolute Gasteiger partial charge is 0.227 e. The zero-order valence-electron chi connectivity index (χ0n) is 10.2. The molecule has 88 valence electrons. The highest BCUT2D eigenvalue weighted by Crippen LogP contribution is 2.36. The first kappa shape index (κ1) is 12.5. The van der Waals surface area contributed by atoms with Crippen LogP contribution in [0.25, 0.3) is 0 Å². The zero-order chi connectivity index (χ0) is 11.5. The van der Waals surface area contributed by atoms with Crippen LogP contribution in [-0.4, -0.2) is 18.5 Å². The van der Waals surface area contributed by atoms with Gasteiger partial charge >= 0.3 is 0 Å². The van der Waals surface area contributed by atoms with Crippen LogP contribution < -0.4 is 11.1 Å². The van der Waals surface area contributed by atoms with Gasteiger partial charge in [-0.05, 0) is 25.7 Å². The summed E-state index contributed by atoms with van der Waals surface area (Å²) in [5, 5.41) is 3.03. The maximum atomic E-state index is 12.0. The summed E-state index contributed by atoms with van der Waals surface area (Å²) in [6, 6.07) is 0.0365. The van der Waals surface area contributed by atoms with E-state index in [2.05, 4.69) is 19.2 Å². The van der Waals surface area contributed by atoms with E-state index in [0.717, 1.165) is 32.2 Å². The lowest BCUT2D eigenvalue weighted by atomic mass is 9.84. The molecule has 1 aliphatic rings. The lowest BCUT2D eigenvalue weighted by Gasteiger charge is -2.28. The van der Waals surface area contributed by atoms with Crippen LogP contribution >= 0.6 is 0 Å². The van der Waals surface area contributed by atoms with Crippen molar-refractivity contribution in [2.45, 2.75) is 52.5 Å². The number of nitrogens with two attached hydrogens (primary N) is 1. The molecule has 1 aliphatic carbocycles. The highest BCUT2D eigenvalue weighted by Gasteiger charge is 2.42. The standard InChI is InChI=1S/C12H24N2O/c1-4-9(2)8-14-11(15)12(3)7-5-6-10(12)13/h9-10H,4-8,13H2,1-3H3,(H,14,15). The fourth-order valence-corrected chi connectivity index (χ4v) is 2.09. The molecule has 0 heterocycles. The average molecular weight is 212 g/mol. The van der Waals surface area contributed by atoms with Crippen LogP contribution in [-0.2, 0) is 4.79 Å². The van der Waals surface area contributed by atoms with E-state index in [1.807, 2.05) is 6.92 Å². The second-order valence-corrected chi connectivity index (χ2v) is 5.14. The van der Waals surface area contributed by atoms with Crippen molar-refractivity contribution in [1.29, 1.82) is 0 Å². The van der Waals surface area contributed by atoms with Gasteiger partial charge in [-0.15, -0.1) is 0 Å². The van der Waals surface area contributed by atoms with E-state index in [4.69, 9.17) is 5.73 Å². The maximum absolute atomic E-state index is 12.0. The van der Waals surface area contributed by atoms with Gasteiger partial charge in [0.05, 0.1) is 5.41 Å². The molecule has 3 heteroatoms. The molecule has 0 aromatic heterocycles. The lowest BCUT2D eigenvalue weighted by molar-refractivity contribution is -0.130. The molecule has 3 unspecified atom stereocenters. The van der Waals surface area contributed by atoms with Gasteiger partial charge in [-0.2, -0.15) is 0 Å². The van der Waals surface area contributed by atoms with Gasteiger partial charge in [0, 0.05) is 12.6 Å². The minimum absolute atomic E-state index is 0.0365. The average Bonchev–Trinajstić information content (AvgIpc) is 2.56. The Morgan fingerprint density at radius 3 is 2.80 bits per heavy atom. The van der Waals surface area contributed by atoms with Crippen molar-refractivity contribution in [2.75, 3.05) is 6.54 Å². The number of carbonyl (C=O) groups excluding carboxylic acids is 1. The Labute approximate surface area is 92.8 Å². The van der Waals surface area contributed by atoms with Crippen LogP contribution in [0, 0.1) is 11.3 Å². The Hall–Kier alpha value is -0.570. The van der Waals surface area contributed by atoms with Gasteiger partial charge in [0.2, 0.25) is 5.91 Å². The van der Waals surface area contributed by atoms with Crippen LogP contribution in [0.4, 0.5) is 0 Å². The predicted molar refractivity (Wildman–Crippen MR) is 62.4 cm³/mol. The van der Waals surface area contributed by atoms with E-state index in [1.54, 1.807) is 0 Å². The Morgan fingerprint density at radius 1 is 1.67 bits per heavy atom. The normalized spacial score (nSPS) is 32.7. The third-order valence-electron chi connectivity index (χ3n) is 3.86. The second-order valence-electron chi connectivity index (χ2n) is 5.14. The van der Waals surface area contributed by atoms with E-state index < -0.39 is 0 Å². The van der Waals surface area contributed by atoms with E-state index in [0.29, 0.717) is 5.92 Å². The molecule has 3 atom stereocenters. The van der Waals surface area contributed by atoms with Crippen molar-refractivity contribution >= 4 is 5.91 Å². The summed E-state index contributed by atoms with van der Waals surface area (Å²) in [6.07, 6.45) is 4.09. The Bertz CT molecular complexity index is 230. The number of hydrogen-bond donors (Lipinski definition) is 2. The van der Waals surface area contributed by atoms with Crippen LogP contribution in [0.5, 0.6) is 0 Å². The van der Waals surface area contributed by atoms with Crippen LogP contribution in [0.3, 0.4) is 0 Å². The molecule has 1 saturated carbocycles. The fraction of sp³-hybridized carbons (Fsp3) is 0.917. The molecule has 15 heavy (non-hydrogen) atoms. The van der Waals surface area contributed by atoms with Crippen LogP contribution in [0.1, 0.15) is 46.5 Å². The molecule has 0 aromatic carbocycles. The summed E-state index contributed by atoms with van der Waals surface area (Å²) in [5.41, 5.74) is 5.67. The minimum Gasteiger partial charge on any atom is -0.355 e. The van der Waals surface area contributed by atoms with Crippen LogP contribution in [0.2, 0.25) is 0 Å². The van der Waals surface area contributed by atoms with Gasteiger partial charge in [-0.25, -0.2) is 0 Å². The van der Waals surface area contributed by atoms with Crippen molar-refractivity contribution in [1.82, 2.24) is 5.32 Å². The molecular formula is C12H24N2O. The van der Waals surface area contributed by atoms with Gasteiger partial charge in [-0.1, -0.05) is 26.7 Å². The summed E-state index contributed by atoms with van der Waals surface area (Å²) in [6.45, 7) is 7.06. The predicted octanol–water partition coefficient (Wildman–Crippen LogP) is 1.67. The molecule has 0 bridgehead atoms. The molecule has 0 radical (unpaired) electrons. The molecule has 0 aliphatic heterocycles. The summed E-state index contributed by atoms with van der Waals surface area (Å²) >= 11 is 0. The Balaban J connectivity index is 2.46. The van der Waals surface area contributed by atoms with Crippen molar-refractivity contribution in [2.24, 2.45) is 17.1 Å². The molecule has 3 N–H and O–H groups in total. The number of hydrogen-bond acceptors (Lipinski definition) is 2. The summed E-state index contributed by atoms with van der Waals surface area (Å²) < 4.78 is 0. The molecule has 0 spiro atoms. The first-order valence-corrected chi connectivity index (χ1v) is 6.04. The van der Waals surface area contributed by atoms with Gasteiger partial charge in [-0.3, -0.25) is 4.79 Å². The highest BCUT2D eigenvalue weighted by molar-refractivity contribution is 5.83. The van der Waals surface area contributed by atoms with Gasteiger partial charge in [0.1, 0.15) is 0 Å². The molecule has 1 amide bonds. The number of carbonyl (C=O) groups is 1. The Morgan fingerprint density at radius 2 is 2.33 bits per heavy atom. The van der Waals surface area contributed by atoms with Gasteiger partial charge < -0.3 is 11.1 Å². The maximum Gasteiger partial charge on any atom is 0.227 e. The third-order valence-corrected chi connectivity index (χ3v) is 3.86. The largest absolute Gasteiger partial charge is 0.355 e. The van der Waals surface area contributed by atoms with Gasteiger partial charge in [0.25, 0.3) is 0 Å². The first-order valence-electron chi connectivity index (χ1n) is 6.04. The topological polar surface area (TPSA) is 55.1 Å². The zero-order valence-corrected chi connectivity index (χ0v) is 10.2. The van der Waals surface area contributed by atoms with Crippen molar-refractivity contribution in [3.8, 4) is 0 Å². The molecule has 1 fully saturated rings. The van der Waals surface area contributed by atoms with Crippen molar-refractivity contribution < 1.29 is 4.79 Å². The number of amides is 1. The second kappa shape index (κ2) is 4.97. The lowest BCUT2D eigenvalue weighted by Crippen LogP contribution is -2.48. The SMILES string of the molecule is CCC(C)CNC(=O)C1(C)CCCC1N. The van der Waals surface area contributed by atoms with E-state index in [9.17, 15) is 4.79 Å². The minimum atomic E-state index is -0.326. The van der Waals surface area contributed by atoms with E-state index in [-0.39, 0.29) is 17.4 Å². The fourth-order valence-electron chi connectivity index (χ4n) is 2.09. The summed E-state index contributed by atoms with van der Waals surface area (Å²) in [7, 11) is 0. The van der Waals surface area contributed by atoms with Crippen LogP contribution in [0.15, 0.2) is 0 Å². The molecule has 3 nitrogen and oxygen atoms in total. The molecule has 0 saturated heterocycles. The number of nitrogens with one attached hydrogen (secondary N) is 1. The molecular weight excluding hydrogens is 188 g/mol. The molecule has 1 rings (SSSR count). The van der Waals surface area contributed by atoms with Crippen molar-refractivity contribution in [3.05, 3.63) is 0 Å². The monoisotopic (exact) mass is 212 g/mol. The summed E-state index contributed by atoms with van der Waals surface area (Å²) in [5.74, 6) is 0.697. The van der Waals surface area contributed by atoms with Crippen molar-refractivity contribution in [3.63, 3.8) is 0 Å². The molecule has 0 aromatic rings. The quantitative estimate of drug-likeness (QED) is 0.744. The number of rotatable bonds is 4. The summed E-state index contributed by atoms with van der Waals surface area (Å²) in [4.78, 5) is 12.0.